The average molecular weight is 386 g/mol. The van der Waals surface area contributed by atoms with Crippen LogP contribution in [0.2, 0.25) is 0 Å². The lowest BCUT2D eigenvalue weighted by Crippen LogP contribution is -2.41. The molecule has 1 N–H and O–H groups in total. The Balaban J connectivity index is 1.53. The van der Waals surface area contributed by atoms with Gasteiger partial charge in [-0.1, -0.05) is 24.3 Å². The summed E-state index contributed by atoms with van der Waals surface area (Å²) in [7, 11) is 0. The molecule has 0 atom stereocenters. The Labute approximate surface area is 163 Å². The second kappa shape index (κ2) is 8.95. The Morgan fingerprint density at radius 2 is 1.71 bits per heavy atom. The third-order valence-corrected chi connectivity index (χ3v) is 5.20. The van der Waals surface area contributed by atoms with Gasteiger partial charge in [-0.15, -0.1) is 0 Å². The summed E-state index contributed by atoms with van der Waals surface area (Å²) in [5.41, 5.74) is 1.28. The molecule has 0 bridgehead atoms. The van der Waals surface area contributed by atoms with Gasteiger partial charge in [0.15, 0.2) is 5.78 Å². The molecule has 6 heteroatoms. The van der Waals surface area contributed by atoms with Gasteiger partial charge < -0.3 is 10.2 Å². The van der Waals surface area contributed by atoms with Gasteiger partial charge in [0, 0.05) is 25.6 Å². The number of carbonyl (C=O) groups is 2. The molecule has 1 fully saturated rings. The number of hydrogen-bond acceptors (Lipinski definition) is 3. The molecule has 2 aromatic rings. The van der Waals surface area contributed by atoms with Gasteiger partial charge in [-0.25, -0.2) is 8.78 Å². The molecule has 148 valence electrons. The van der Waals surface area contributed by atoms with Gasteiger partial charge in [-0.2, -0.15) is 0 Å². The Kier molecular flexibility index (Phi) is 6.39. The van der Waals surface area contributed by atoms with Gasteiger partial charge in [-0.3, -0.25) is 9.59 Å². The van der Waals surface area contributed by atoms with Crippen LogP contribution in [-0.2, 0) is 11.2 Å². The van der Waals surface area contributed by atoms with Gasteiger partial charge in [0.1, 0.15) is 11.6 Å². The fourth-order valence-corrected chi connectivity index (χ4v) is 3.67. The highest BCUT2D eigenvalue weighted by molar-refractivity contribution is 6.00. The molecular formula is C22H24F2N2O2. The van der Waals surface area contributed by atoms with Crippen LogP contribution in [0, 0.1) is 17.6 Å². The first-order valence-electron chi connectivity index (χ1n) is 9.53. The maximum absolute atomic E-state index is 14.0. The van der Waals surface area contributed by atoms with E-state index in [9.17, 15) is 18.4 Å². The highest BCUT2D eigenvalue weighted by Gasteiger charge is 2.27. The number of benzene rings is 2. The first-order valence-corrected chi connectivity index (χ1v) is 9.53. The van der Waals surface area contributed by atoms with E-state index < -0.39 is 5.82 Å². The molecule has 3 rings (SSSR count). The van der Waals surface area contributed by atoms with Crippen molar-refractivity contribution < 1.29 is 18.4 Å². The third kappa shape index (κ3) is 4.55. The van der Waals surface area contributed by atoms with Crippen molar-refractivity contribution in [2.45, 2.75) is 26.2 Å². The van der Waals surface area contributed by atoms with Crippen LogP contribution in [0.5, 0.6) is 0 Å². The van der Waals surface area contributed by atoms with Gasteiger partial charge in [-0.05, 0) is 49.9 Å². The van der Waals surface area contributed by atoms with Crippen molar-refractivity contribution in [1.29, 1.82) is 0 Å². The number of Topliss-reactive ketones (excluding diaryl/α,β-unsaturated/α-hetero) is 1. The van der Waals surface area contributed by atoms with Crippen LogP contribution >= 0.6 is 0 Å². The lowest BCUT2D eigenvalue weighted by Gasteiger charge is -2.34. The van der Waals surface area contributed by atoms with E-state index in [1.165, 1.54) is 19.1 Å². The molecule has 4 nitrogen and oxygen atoms in total. The SMILES string of the molecule is CC(=O)c1c(F)cccc1N1CCC(C(=O)NCCc2ccccc2F)CC1. The molecule has 0 radical (unpaired) electrons. The molecule has 0 unspecified atom stereocenters. The van der Waals surface area contributed by atoms with Crippen LogP contribution in [0.1, 0.15) is 35.7 Å². The first-order chi connectivity index (χ1) is 13.5. The molecule has 28 heavy (non-hydrogen) atoms. The predicted octanol–water partition coefficient (Wildman–Crippen LogP) is 3.74. The lowest BCUT2D eigenvalue weighted by molar-refractivity contribution is -0.125. The van der Waals surface area contributed by atoms with Crippen LogP contribution in [0.3, 0.4) is 0 Å². The molecule has 0 aliphatic carbocycles. The van der Waals surface area contributed by atoms with Crippen molar-refractivity contribution in [2.75, 3.05) is 24.5 Å². The number of piperidine rings is 1. The van der Waals surface area contributed by atoms with Crippen LogP contribution < -0.4 is 10.2 Å². The number of hydrogen-bond donors (Lipinski definition) is 1. The minimum Gasteiger partial charge on any atom is -0.371 e. The van der Waals surface area contributed by atoms with Crippen molar-refractivity contribution >= 4 is 17.4 Å². The first kappa shape index (κ1) is 20.0. The standard InChI is InChI=1S/C22H24F2N2O2/c1-15(27)21-19(24)7-4-8-20(21)26-13-10-17(11-14-26)22(28)25-12-9-16-5-2-3-6-18(16)23/h2-8,17H,9-14H2,1H3,(H,25,28). The van der Waals surface area contributed by atoms with Crippen molar-refractivity contribution in [3.8, 4) is 0 Å². The minimum absolute atomic E-state index is 0.0398. The average Bonchev–Trinajstić information content (AvgIpc) is 2.69. The number of rotatable bonds is 6. The number of nitrogens with zero attached hydrogens (tertiary/aromatic N) is 1. The third-order valence-electron chi connectivity index (χ3n) is 5.20. The summed E-state index contributed by atoms with van der Waals surface area (Å²) < 4.78 is 27.7. The maximum atomic E-state index is 14.0. The molecule has 1 saturated heterocycles. The second-order valence-corrected chi connectivity index (χ2v) is 7.08. The van der Waals surface area contributed by atoms with E-state index in [2.05, 4.69) is 5.32 Å². The van der Waals surface area contributed by atoms with Gasteiger partial charge >= 0.3 is 0 Å². The summed E-state index contributed by atoms with van der Waals surface area (Å²) in [4.78, 5) is 26.2. The van der Waals surface area contributed by atoms with Crippen LogP contribution in [0.4, 0.5) is 14.5 Å². The molecule has 1 aliphatic rings. The molecule has 0 aromatic heterocycles. The van der Waals surface area contributed by atoms with E-state index >= 15 is 0 Å². The lowest BCUT2D eigenvalue weighted by atomic mass is 9.94. The Morgan fingerprint density at radius 1 is 1.04 bits per heavy atom. The summed E-state index contributed by atoms with van der Waals surface area (Å²) >= 11 is 0. The zero-order chi connectivity index (χ0) is 20.1. The van der Waals surface area contributed by atoms with Gasteiger partial charge in [0.25, 0.3) is 0 Å². The highest BCUT2D eigenvalue weighted by Crippen LogP contribution is 2.28. The highest BCUT2D eigenvalue weighted by atomic mass is 19.1. The summed E-state index contributed by atoms with van der Waals surface area (Å²) in [6.45, 7) is 2.90. The van der Waals surface area contributed by atoms with E-state index in [-0.39, 0.29) is 29.0 Å². The van der Waals surface area contributed by atoms with E-state index in [4.69, 9.17) is 0 Å². The van der Waals surface area contributed by atoms with Crippen molar-refractivity contribution in [3.05, 3.63) is 65.2 Å². The monoisotopic (exact) mass is 386 g/mol. The van der Waals surface area contributed by atoms with Gasteiger partial charge in [0.2, 0.25) is 5.91 Å². The zero-order valence-electron chi connectivity index (χ0n) is 15.9. The number of amides is 1. The molecule has 0 saturated carbocycles. The predicted molar refractivity (Wildman–Crippen MR) is 104 cm³/mol. The normalized spacial score (nSPS) is 14.8. The van der Waals surface area contributed by atoms with E-state index in [1.807, 2.05) is 4.90 Å². The topological polar surface area (TPSA) is 49.4 Å². The Morgan fingerprint density at radius 3 is 2.39 bits per heavy atom. The van der Waals surface area contributed by atoms with Gasteiger partial charge in [0.05, 0.1) is 11.3 Å². The summed E-state index contributed by atoms with van der Waals surface area (Å²) in [5, 5.41) is 2.88. The number of ketones is 1. The van der Waals surface area contributed by atoms with Crippen LogP contribution in [-0.4, -0.2) is 31.3 Å². The zero-order valence-corrected chi connectivity index (χ0v) is 15.9. The van der Waals surface area contributed by atoms with E-state index in [1.54, 1.807) is 30.3 Å². The van der Waals surface area contributed by atoms with Crippen molar-refractivity contribution in [2.24, 2.45) is 5.92 Å². The van der Waals surface area contributed by atoms with Crippen LogP contribution in [0.25, 0.3) is 0 Å². The summed E-state index contributed by atoms with van der Waals surface area (Å²) in [6.07, 6.45) is 1.70. The molecule has 0 spiro atoms. The fourth-order valence-electron chi connectivity index (χ4n) is 3.67. The summed E-state index contributed by atoms with van der Waals surface area (Å²) in [5.74, 6) is -1.26. The number of halogens is 2. The molecular weight excluding hydrogens is 362 g/mol. The summed E-state index contributed by atoms with van der Waals surface area (Å²) in [6, 6.07) is 11.2. The maximum Gasteiger partial charge on any atom is 0.223 e. The van der Waals surface area contributed by atoms with Crippen LogP contribution in [0.15, 0.2) is 42.5 Å². The molecule has 1 aliphatic heterocycles. The fraction of sp³-hybridized carbons (Fsp3) is 0.364. The quantitative estimate of drug-likeness (QED) is 0.770. The molecule has 1 amide bonds. The Bertz CT molecular complexity index is 861. The van der Waals surface area contributed by atoms with E-state index in [0.717, 1.165) is 0 Å². The second-order valence-electron chi connectivity index (χ2n) is 7.08. The van der Waals surface area contributed by atoms with Crippen molar-refractivity contribution in [1.82, 2.24) is 5.32 Å². The van der Waals surface area contributed by atoms with Crippen molar-refractivity contribution in [3.63, 3.8) is 0 Å². The molecule has 1 heterocycles. The number of carbonyl (C=O) groups excluding carboxylic acids is 2. The largest absolute Gasteiger partial charge is 0.371 e. The molecule has 2 aromatic carbocycles. The van der Waals surface area contributed by atoms with E-state index in [0.29, 0.717) is 50.1 Å². The Hall–Kier alpha value is -2.76. The number of nitrogens with one attached hydrogen (secondary N) is 1. The number of anilines is 1. The minimum atomic E-state index is -0.516. The smallest absolute Gasteiger partial charge is 0.223 e.